The van der Waals surface area contributed by atoms with Crippen LogP contribution in [0.15, 0.2) is 41.2 Å². The van der Waals surface area contributed by atoms with Crippen molar-refractivity contribution in [2.24, 2.45) is 7.05 Å². The Labute approximate surface area is 171 Å². The Morgan fingerprint density at radius 1 is 0.966 bits per heavy atom. The van der Waals surface area contributed by atoms with E-state index in [2.05, 4.69) is 50.2 Å². The summed E-state index contributed by atoms with van der Waals surface area (Å²) in [6.07, 6.45) is 8.03. The molecule has 148 valence electrons. The minimum Gasteiger partial charge on any atom is -0.437 e. The summed E-state index contributed by atoms with van der Waals surface area (Å²) in [5.41, 5.74) is 7.03. The van der Waals surface area contributed by atoms with E-state index in [0.29, 0.717) is 5.71 Å². The molecule has 0 amide bonds. The van der Waals surface area contributed by atoms with Crippen LogP contribution >= 0.6 is 0 Å². The molecule has 0 bridgehead atoms. The Balaban J connectivity index is 2.09. The molecule has 0 atom stereocenters. The minimum absolute atomic E-state index is 0.0747. The van der Waals surface area contributed by atoms with Gasteiger partial charge in [0.1, 0.15) is 11.8 Å². The average molecular weight is 387 g/mol. The molecule has 3 aromatic heterocycles. The zero-order chi connectivity index (χ0) is 20.6. The number of rotatable bonds is 1. The second kappa shape index (κ2) is 5.88. The fourth-order valence-corrected chi connectivity index (χ4v) is 5.32. The van der Waals surface area contributed by atoms with Crippen LogP contribution in [0, 0.1) is 6.92 Å². The number of furan rings is 1. The number of benzene rings is 1. The van der Waals surface area contributed by atoms with E-state index in [1.807, 2.05) is 31.6 Å². The SMILES string of the molecule is Cc1c2c(c3c(oc4ncccc43)c1-c1nccc[n+]1C)C(C)(C)CCC2(C)C. The molecule has 3 heterocycles. The first-order chi connectivity index (χ1) is 13.7. The predicted molar refractivity (Wildman–Crippen MR) is 116 cm³/mol. The van der Waals surface area contributed by atoms with E-state index in [1.165, 1.54) is 28.5 Å². The molecule has 0 unspecified atom stereocenters. The summed E-state index contributed by atoms with van der Waals surface area (Å²) in [4.78, 5) is 9.29. The quantitative estimate of drug-likeness (QED) is 0.404. The first kappa shape index (κ1) is 18.3. The highest BCUT2D eigenvalue weighted by molar-refractivity contribution is 6.11. The lowest BCUT2D eigenvalue weighted by Crippen LogP contribution is -2.36. The zero-order valence-electron chi connectivity index (χ0n) is 18.1. The second-order valence-electron chi connectivity index (χ2n) is 9.73. The third-order valence-corrected chi connectivity index (χ3v) is 6.82. The number of aromatic nitrogens is 3. The van der Waals surface area contributed by atoms with Gasteiger partial charge in [-0.2, -0.15) is 0 Å². The summed E-state index contributed by atoms with van der Waals surface area (Å²) in [5, 5.41) is 2.32. The van der Waals surface area contributed by atoms with Gasteiger partial charge in [0.05, 0.1) is 13.2 Å². The molecule has 1 aromatic carbocycles. The van der Waals surface area contributed by atoms with Crippen LogP contribution in [0.2, 0.25) is 0 Å². The van der Waals surface area contributed by atoms with Crippen LogP contribution in [-0.2, 0) is 17.9 Å². The lowest BCUT2D eigenvalue weighted by atomic mass is 9.60. The number of hydrogen-bond acceptors (Lipinski definition) is 3. The van der Waals surface area contributed by atoms with Gasteiger partial charge in [-0.25, -0.2) is 9.55 Å². The molecule has 0 spiro atoms. The van der Waals surface area contributed by atoms with Gasteiger partial charge < -0.3 is 4.42 Å². The van der Waals surface area contributed by atoms with Gasteiger partial charge in [-0.15, -0.1) is 0 Å². The van der Waals surface area contributed by atoms with Crippen molar-refractivity contribution in [1.82, 2.24) is 9.97 Å². The monoisotopic (exact) mass is 386 g/mol. The Morgan fingerprint density at radius 3 is 2.38 bits per heavy atom. The van der Waals surface area contributed by atoms with E-state index in [9.17, 15) is 0 Å². The van der Waals surface area contributed by atoms with E-state index in [4.69, 9.17) is 9.40 Å². The third-order valence-electron chi connectivity index (χ3n) is 6.82. The van der Waals surface area contributed by atoms with Crippen molar-refractivity contribution in [3.63, 3.8) is 0 Å². The summed E-state index contributed by atoms with van der Waals surface area (Å²) >= 11 is 0. The van der Waals surface area contributed by atoms with E-state index in [-0.39, 0.29) is 10.8 Å². The second-order valence-corrected chi connectivity index (χ2v) is 9.73. The first-order valence-corrected chi connectivity index (χ1v) is 10.4. The topological polar surface area (TPSA) is 42.8 Å². The Morgan fingerprint density at radius 2 is 1.66 bits per heavy atom. The summed E-state index contributed by atoms with van der Waals surface area (Å²) in [6, 6.07) is 6.11. The van der Waals surface area contributed by atoms with Gasteiger partial charge in [0.25, 0.3) is 0 Å². The van der Waals surface area contributed by atoms with Gasteiger partial charge >= 0.3 is 5.82 Å². The largest absolute Gasteiger partial charge is 0.437 e. The molecule has 1 aliphatic rings. The van der Waals surface area contributed by atoms with E-state index in [1.54, 1.807) is 6.20 Å². The number of hydrogen-bond donors (Lipinski definition) is 0. The molecule has 4 aromatic rings. The van der Waals surface area contributed by atoms with Crippen LogP contribution in [-0.4, -0.2) is 9.97 Å². The van der Waals surface area contributed by atoms with Crippen molar-refractivity contribution in [3.8, 4) is 11.4 Å². The molecule has 0 radical (unpaired) electrons. The Bertz CT molecular complexity index is 1280. The van der Waals surface area contributed by atoms with Crippen molar-refractivity contribution < 1.29 is 8.98 Å². The van der Waals surface area contributed by atoms with Crippen molar-refractivity contribution in [3.05, 3.63) is 53.5 Å². The maximum absolute atomic E-state index is 6.44. The van der Waals surface area contributed by atoms with Crippen molar-refractivity contribution in [1.29, 1.82) is 0 Å². The molecule has 0 saturated heterocycles. The number of pyridine rings is 1. The smallest absolute Gasteiger partial charge is 0.334 e. The van der Waals surface area contributed by atoms with Gasteiger partial charge in [-0.05, 0) is 64.4 Å². The molecule has 4 nitrogen and oxygen atoms in total. The molecular weight excluding hydrogens is 358 g/mol. The molecule has 29 heavy (non-hydrogen) atoms. The predicted octanol–water partition coefficient (Wildman–Crippen LogP) is 5.52. The molecular formula is C25H28N3O+. The normalized spacial score (nSPS) is 17.6. The summed E-state index contributed by atoms with van der Waals surface area (Å²) in [7, 11) is 2.04. The van der Waals surface area contributed by atoms with Crippen LogP contribution < -0.4 is 4.57 Å². The molecule has 1 aliphatic carbocycles. The van der Waals surface area contributed by atoms with Gasteiger partial charge in [0.2, 0.25) is 5.71 Å². The molecule has 0 aliphatic heterocycles. The van der Waals surface area contributed by atoms with Crippen molar-refractivity contribution in [2.45, 2.75) is 58.3 Å². The van der Waals surface area contributed by atoms with Gasteiger partial charge in [0, 0.05) is 23.0 Å². The third kappa shape index (κ3) is 2.48. The van der Waals surface area contributed by atoms with Crippen LogP contribution in [0.3, 0.4) is 0 Å². The number of nitrogens with zero attached hydrogens (tertiary/aromatic N) is 3. The number of fused-ring (bicyclic) bond motifs is 5. The van der Waals surface area contributed by atoms with E-state index in [0.717, 1.165) is 28.8 Å². The minimum atomic E-state index is 0.0747. The molecule has 0 N–H and O–H groups in total. The Hall–Kier alpha value is -2.75. The van der Waals surface area contributed by atoms with E-state index < -0.39 is 0 Å². The van der Waals surface area contributed by atoms with Crippen LogP contribution in [0.25, 0.3) is 33.5 Å². The fraction of sp³-hybridized carbons (Fsp3) is 0.400. The lowest BCUT2D eigenvalue weighted by molar-refractivity contribution is -0.663. The Kier molecular flexibility index (Phi) is 3.71. The van der Waals surface area contributed by atoms with Crippen LogP contribution in [0.5, 0.6) is 0 Å². The van der Waals surface area contributed by atoms with Gasteiger partial charge in [0.15, 0.2) is 5.58 Å². The maximum Gasteiger partial charge on any atom is 0.334 e. The highest BCUT2D eigenvalue weighted by Crippen LogP contribution is 2.53. The highest BCUT2D eigenvalue weighted by atomic mass is 16.3. The summed E-state index contributed by atoms with van der Waals surface area (Å²) in [5.74, 6) is 0.927. The summed E-state index contributed by atoms with van der Waals surface area (Å²) in [6.45, 7) is 11.7. The highest BCUT2D eigenvalue weighted by Gasteiger charge is 2.42. The maximum atomic E-state index is 6.44. The average Bonchev–Trinajstić information content (AvgIpc) is 3.04. The van der Waals surface area contributed by atoms with E-state index >= 15 is 0 Å². The van der Waals surface area contributed by atoms with Crippen molar-refractivity contribution >= 4 is 22.1 Å². The first-order valence-electron chi connectivity index (χ1n) is 10.4. The summed E-state index contributed by atoms with van der Waals surface area (Å²) < 4.78 is 8.52. The zero-order valence-corrected chi connectivity index (χ0v) is 18.1. The standard InChI is InChI=1S/C25H28N3O/c1-15-17(22-26-13-8-14-28(22)6)21-18(16-9-7-12-27-23(16)29-21)20-19(15)24(2,3)10-11-25(20,4)5/h7-9,12-14H,10-11H2,1-6H3/q+1. The van der Waals surface area contributed by atoms with Crippen molar-refractivity contribution in [2.75, 3.05) is 0 Å². The molecule has 0 saturated carbocycles. The molecule has 5 rings (SSSR count). The van der Waals surface area contributed by atoms with Crippen LogP contribution in [0.1, 0.15) is 57.2 Å². The molecule has 0 fully saturated rings. The molecule has 4 heteroatoms. The van der Waals surface area contributed by atoms with Gasteiger partial charge in [-0.3, -0.25) is 0 Å². The number of aryl methyl sites for hydroxylation is 1. The van der Waals surface area contributed by atoms with Gasteiger partial charge in [-0.1, -0.05) is 27.7 Å². The van der Waals surface area contributed by atoms with Crippen LogP contribution in [0.4, 0.5) is 0 Å². The fourth-order valence-electron chi connectivity index (χ4n) is 5.32. The lowest BCUT2D eigenvalue weighted by Gasteiger charge is -2.43.